The van der Waals surface area contributed by atoms with Gasteiger partial charge in [0, 0.05) is 30.9 Å². The molecule has 3 rings (SSSR count). The minimum atomic E-state index is -2.78. The number of carbonyl (C=O) groups is 2. The molecule has 23 heavy (non-hydrogen) atoms. The third kappa shape index (κ3) is 3.33. The monoisotopic (exact) mass is 326 g/mol. The fourth-order valence-electron chi connectivity index (χ4n) is 3.02. The molecule has 2 fully saturated rings. The van der Waals surface area contributed by atoms with Crippen LogP contribution >= 0.6 is 0 Å². The average Bonchev–Trinajstić information content (AvgIpc) is 2.86. The first-order valence-electron chi connectivity index (χ1n) is 7.52. The summed E-state index contributed by atoms with van der Waals surface area (Å²) in [7, 11) is 0. The van der Waals surface area contributed by atoms with Crippen molar-refractivity contribution in [2.24, 2.45) is 5.92 Å². The van der Waals surface area contributed by atoms with Gasteiger partial charge >= 0.3 is 0 Å². The zero-order valence-corrected chi connectivity index (χ0v) is 12.3. The van der Waals surface area contributed by atoms with Crippen LogP contribution in [-0.4, -0.2) is 47.9 Å². The lowest BCUT2D eigenvalue weighted by atomic mass is 9.80. The van der Waals surface area contributed by atoms with Crippen molar-refractivity contribution >= 4 is 11.8 Å². The molecule has 1 aromatic rings. The van der Waals surface area contributed by atoms with E-state index in [9.17, 15) is 22.8 Å². The van der Waals surface area contributed by atoms with Gasteiger partial charge in [-0.1, -0.05) is 18.2 Å². The van der Waals surface area contributed by atoms with E-state index in [2.05, 4.69) is 5.32 Å². The molecule has 0 spiro atoms. The van der Waals surface area contributed by atoms with Crippen molar-refractivity contribution in [3.8, 4) is 0 Å². The summed E-state index contributed by atoms with van der Waals surface area (Å²) in [5.74, 6) is -4.38. The third-order valence-corrected chi connectivity index (χ3v) is 4.35. The molecular formula is C16H17F3N2O2. The summed E-state index contributed by atoms with van der Waals surface area (Å²) in [6.07, 6.45) is -2.34. The molecule has 1 aliphatic heterocycles. The van der Waals surface area contributed by atoms with E-state index in [0.29, 0.717) is 5.56 Å². The van der Waals surface area contributed by atoms with Gasteiger partial charge in [0.2, 0.25) is 11.8 Å². The van der Waals surface area contributed by atoms with Crippen LogP contribution in [0.3, 0.4) is 0 Å². The molecule has 7 heteroatoms. The van der Waals surface area contributed by atoms with Gasteiger partial charge in [-0.05, 0) is 12.1 Å². The van der Waals surface area contributed by atoms with E-state index in [1.807, 2.05) is 0 Å². The quantitative estimate of drug-likeness (QED) is 0.924. The smallest absolute Gasteiger partial charge is 0.251 e. The van der Waals surface area contributed by atoms with Gasteiger partial charge < -0.3 is 10.2 Å². The Kier molecular flexibility index (Phi) is 4.04. The van der Waals surface area contributed by atoms with E-state index in [1.54, 1.807) is 30.3 Å². The van der Waals surface area contributed by atoms with Gasteiger partial charge in [-0.25, -0.2) is 13.2 Å². The van der Waals surface area contributed by atoms with Gasteiger partial charge in [-0.3, -0.25) is 9.59 Å². The SMILES string of the molecule is O=C(N[C@@H]1CN(C(=O)C2CC(F)(F)C2)C[C@@H]1F)c1ccccc1. The standard InChI is InChI=1S/C16H17F3N2O2/c17-12-8-21(15(23)11-6-16(18,19)7-11)9-13(12)20-14(22)10-4-2-1-3-5-10/h1-5,11-13H,6-9H2,(H,20,22)/t12-,13+/m0/s1. The van der Waals surface area contributed by atoms with Crippen LogP contribution in [0.4, 0.5) is 13.2 Å². The first kappa shape index (κ1) is 15.8. The van der Waals surface area contributed by atoms with E-state index in [4.69, 9.17) is 0 Å². The number of likely N-dealkylation sites (tertiary alicyclic amines) is 1. The molecule has 1 saturated carbocycles. The largest absolute Gasteiger partial charge is 0.345 e. The lowest BCUT2D eigenvalue weighted by molar-refractivity contribution is -0.159. The molecule has 2 aliphatic rings. The molecule has 0 bridgehead atoms. The average molecular weight is 326 g/mol. The minimum absolute atomic E-state index is 0.0145. The molecule has 1 N–H and O–H groups in total. The fourth-order valence-corrected chi connectivity index (χ4v) is 3.02. The normalized spacial score (nSPS) is 26.7. The van der Waals surface area contributed by atoms with Crippen molar-refractivity contribution in [3.63, 3.8) is 0 Å². The van der Waals surface area contributed by atoms with Crippen LogP contribution in [0.2, 0.25) is 0 Å². The van der Waals surface area contributed by atoms with E-state index in [-0.39, 0.29) is 13.1 Å². The zero-order chi connectivity index (χ0) is 16.6. The number of nitrogens with one attached hydrogen (secondary N) is 1. The van der Waals surface area contributed by atoms with Crippen molar-refractivity contribution in [1.29, 1.82) is 0 Å². The maximum absolute atomic E-state index is 14.1. The number of benzene rings is 1. The number of halogens is 3. The fraction of sp³-hybridized carbons (Fsp3) is 0.500. The summed E-state index contributed by atoms with van der Waals surface area (Å²) >= 11 is 0. The number of hydrogen-bond donors (Lipinski definition) is 1. The number of alkyl halides is 3. The molecule has 2 amide bonds. The van der Waals surface area contributed by atoms with E-state index >= 15 is 0 Å². The van der Waals surface area contributed by atoms with Crippen LogP contribution in [0.15, 0.2) is 30.3 Å². The Hall–Kier alpha value is -2.05. The van der Waals surface area contributed by atoms with Gasteiger partial charge in [-0.2, -0.15) is 0 Å². The van der Waals surface area contributed by atoms with Gasteiger partial charge in [-0.15, -0.1) is 0 Å². The van der Waals surface area contributed by atoms with Gasteiger partial charge in [0.15, 0.2) is 0 Å². The number of carbonyl (C=O) groups excluding carboxylic acids is 2. The van der Waals surface area contributed by atoms with Crippen molar-refractivity contribution < 1.29 is 22.8 Å². The summed E-state index contributed by atoms with van der Waals surface area (Å²) in [6, 6.07) is 7.56. The Balaban J connectivity index is 1.56. The summed E-state index contributed by atoms with van der Waals surface area (Å²) < 4.78 is 39.7. The Morgan fingerprint density at radius 2 is 1.78 bits per heavy atom. The Morgan fingerprint density at radius 1 is 1.13 bits per heavy atom. The predicted molar refractivity (Wildman–Crippen MR) is 76.8 cm³/mol. The Labute approximate surface area is 131 Å². The number of rotatable bonds is 3. The summed E-state index contributed by atoms with van der Waals surface area (Å²) in [6.45, 7) is -0.152. The second kappa shape index (κ2) is 5.86. The molecule has 124 valence electrons. The van der Waals surface area contributed by atoms with Gasteiger partial charge in [0.25, 0.3) is 5.91 Å². The van der Waals surface area contributed by atoms with Crippen molar-refractivity contribution in [3.05, 3.63) is 35.9 Å². The molecule has 1 aromatic carbocycles. The zero-order valence-electron chi connectivity index (χ0n) is 12.3. The number of hydrogen-bond acceptors (Lipinski definition) is 2. The van der Waals surface area contributed by atoms with E-state index in [0.717, 1.165) is 0 Å². The second-order valence-corrected chi connectivity index (χ2v) is 6.17. The lowest BCUT2D eigenvalue weighted by Crippen LogP contribution is -2.47. The second-order valence-electron chi connectivity index (χ2n) is 6.17. The molecule has 2 atom stereocenters. The first-order valence-corrected chi connectivity index (χ1v) is 7.52. The first-order chi connectivity index (χ1) is 10.9. The van der Waals surface area contributed by atoms with Crippen LogP contribution in [0.5, 0.6) is 0 Å². The molecule has 0 radical (unpaired) electrons. The van der Waals surface area contributed by atoms with Crippen LogP contribution in [-0.2, 0) is 4.79 Å². The summed E-state index contributed by atoms with van der Waals surface area (Å²) in [5, 5.41) is 2.57. The molecule has 1 aliphatic carbocycles. The maximum atomic E-state index is 14.1. The lowest BCUT2D eigenvalue weighted by Gasteiger charge is -2.36. The van der Waals surface area contributed by atoms with Gasteiger partial charge in [0.1, 0.15) is 6.17 Å². The van der Waals surface area contributed by atoms with Crippen molar-refractivity contribution in [2.45, 2.75) is 31.0 Å². The molecule has 1 heterocycles. The highest BCUT2D eigenvalue weighted by Gasteiger charge is 2.51. The van der Waals surface area contributed by atoms with Gasteiger partial charge in [0.05, 0.1) is 12.6 Å². The topological polar surface area (TPSA) is 49.4 Å². The number of amides is 2. The van der Waals surface area contributed by atoms with Crippen molar-refractivity contribution in [2.75, 3.05) is 13.1 Å². The molecule has 4 nitrogen and oxygen atoms in total. The number of nitrogens with zero attached hydrogens (tertiary/aromatic N) is 1. The highest BCUT2D eigenvalue weighted by atomic mass is 19.3. The summed E-state index contributed by atoms with van der Waals surface area (Å²) in [4.78, 5) is 25.3. The Bertz CT molecular complexity index is 601. The van der Waals surface area contributed by atoms with Crippen molar-refractivity contribution in [1.82, 2.24) is 10.2 Å². The van der Waals surface area contributed by atoms with Crippen LogP contribution < -0.4 is 5.32 Å². The minimum Gasteiger partial charge on any atom is -0.345 e. The van der Waals surface area contributed by atoms with Crippen LogP contribution in [0.1, 0.15) is 23.2 Å². The highest BCUT2D eigenvalue weighted by molar-refractivity contribution is 5.94. The molecular weight excluding hydrogens is 309 g/mol. The summed E-state index contributed by atoms with van der Waals surface area (Å²) in [5.41, 5.74) is 0.406. The van der Waals surface area contributed by atoms with Crippen LogP contribution in [0, 0.1) is 5.92 Å². The van der Waals surface area contributed by atoms with E-state index < -0.39 is 48.7 Å². The molecule has 1 saturated heterocycles. The Morgan fingerprint density at radius 3 is 2.39 bits per heavy atom. The van der Waals surface area contributed by atoms with Crippen LogP contribution in [0.25, 0.3) is 0 Å². The third-order valence-electron chi connectivity index (χ3n) is 4.35. The highest BCUT2D eigenvalue weighted by Crippen LogP contribution is 2.43. The predicted octanol–water partition coefficient (Wildman–Crippen LogP) is 2.01. The van der Waals surface area contributed by atoms with E-state index in [1.165, 1.54) is 4.90 Å². The molecule has 0 aromatic heterocycles. The maximum Gasteiger partial charge on any atom is 0.251 e. The molecule has 0 unspecified atom stereocenters.